The molecule has 0 bridgehead atoms. The van der Waals surface area contributed by atoms with E-state index in [4.69, 9.17) is 4.74 Å². The average molecular weight is 357 g/mol. The Bertz CT molecular complexity index is 1110. The summed E-state index contributed by atoms with van der Waals surface area (Å²) in [6.07, 6.45) is 0. The number of aromatic nitrogens is 1. The number of benzene rings is 2. The van der Waals surface area contributed by atoms with E-state index in [1.807, 2.05) is 44.2 Å². The maximum absolute atomic E-state index is 13.2. The van der Waals surface area contributed by atoms with E-state index in [-0.39, 0.29) is 5.78 Å². The number of ketones is 1. The molecule has 2 aromatic carbocycles. The summed E-state index contributed by atoms with van der Waals surface area (Å²) in [6, 6.07) is 13.5. The molecule has 4 nitrogen and oxygen atoms in total. The molecule has 0 N–H and O–H groups in total. The van der Waals surface area contributed by atoms with Crippen LogP contribution in [0.2, 0.25) is 0 Å². The molecule has 0 saturated carbocycles. The first kappa shape index (κ1) is 17.2. The van der Waals surface area contributed by atoms with Crippen molar-refractivity contribution >= 4 is 11.8 Å². The monoisotopic (exact) mass is 357 g/mol. The molecule has 0 atom stereocenters. The minimum atomic E-state index is -0.485. The summed E-state index contributed by atoms with van der Waals surface area (Å²) in [7, 11) is 1.34. The lowest BCUT2D eigenvalue weighted by atomic mass is 9.90. The molecule has 0 radical (unpaired) electrons. The van der Waals surface area contributed by atoms with E-state index in [1.54, 1.807) is 13.0 Å². The molecule has 4 heteroatoms. The van der Waals surface area contributed by atoms with Crippen LogP contribution in [0.25, 0.3) is 22.4 Å². The predicted molar refractivity (Wildman–Crippen MR) is 104 cm³/mol. The smallest absolute Gasteiger partial charge is 0.340 e. The van der Waals surface area contributed by atoms with Crippen LogP contribution >= 0.6 is 0 Å². The number of aryl methyl sites for hydroxylation is 3. The summed E-state index contributed by atoms with van der Waals surface area (Å²) >= 11 is 0. The number of rotatable bonds is 2. The van der Waals surface area contributed by atoms with Crippen LogP contribution in [0.3, 0.4) is 0 Å². The molecule has 1 aliphatic rings. The summed E-state index contributed by atoms with van der Waals surface area (Å²) in [4.78, 5) is 30.5. The van der Waals surface area contributed by atoms with E-state index < -0.39 is 5.97 Å². The normalized spacial score (nSPS) is 11.9. The Morgan fingerprint density at radius 1 is 0.926 bits per heavy atom. The standard InChI is InChI=1S/C23H19NO3/c1-12-9-13(2)11-15(10-12)19-18(23(26)27-4)14(3)24-21-16-7-5-6-8-17(16)22(25)20(19)21/h5-11H,1-4H3. The van der Waals surface area contributed by atoms with Crippen molar-refractivity contribution in [2.45, 2.75) is 20.8 Å². The Balaban J connectivity index is 2.15. The number of esters is 1. The second kappa shape index (κ2) is 6.16. The minimum Gasteiger partial charge on any atom is -0.465 e. The quantitative estimate of drug-likeness (QED) is 0.489. The van der Waals surface area contributed by atoms with Gasteiger partial charge in [0.2, 0.25) is 0 Å². The maximum Gasteiger partial charge on any atom is 0.340 e. The van der Waals surface area contributed by atoms with Gasteiger partial charge >= 0.3 is 5.97 Å². The van der Waals surface area contributed by atoms with Gasteiger partial charge in [-0.1, -0.05) is 53.6 Å². The zero-order chi connectivity index (χ0) is 19.3. The molecule has 0 spiro atoms. The third-order valence-electron chi connectivity index (χ3n) is 4.93. The Hall–Kier alpha value is -3.27. The summed E-state index contributed by atoms with van der Waals surface area (Å²) in [5.74, 6) is -0.590. The summed E-state index contributed by atoms with van der Waals surface area (Å²) in [6.45, 7) is 5.78. The first-order valence-corrected chi connectivity index (χ1v) is 8.78. The molecule has 1 aromatic heterocycles. The number of fused-ring (bicyclic) bond motifs is 3. The number of hydrogen-bond donors (Lipinski definition) is 0. The lowest BCUT2D eigenvalue weighted by molar-refractivity contribution is 0.0600. The topological polar surface area (TPSA) is 56.3 Å². The third kappa shape index (κ3) is 2.56. The zero-order valence-electron chi connectivity index (χ0n) is 15.7. The molecule has 0 aliphatic heterocycles. The first-order chi connectivity index (χ1) is 12.9. The maximum atomic E-state index is 13.2. The van der Waals surface area contributed by atoms with Gasteiger partial charge in [-0.25, -0.2) is 4.79 Å². The van der Waals surface area contributed by atoms with Gasteiger partial charge in [-0.2, -0.15) is 0 Å². The van der Waals surface area contributed by atoms with E-state index in [9.17, 15) is 9.59 Å². The zero-order valence-corrected chi connectivity index (χ0v) is 15.7. The van der Waals surface area contributed by atoms with Crippen LogP contribution in [0.1, 0.15) is 43.1 Å². The average Bonchev–Trinajstić information content (AvgIpc) is 2.92. The Labute approximate surface area is 157 Å². The van der Waals surface area contributed by atoms with E-state index in [0.717, 1.165) is 22.3 Å². The Morgan fingerprint density at radius 2 is 1.56 bits per heavy atom. The number of carbonyl (C=O) groups excluding carboxylic acids is 2. The fourth-order valence-corrected chi connectivity index (χ4v) is 3.90. The van der Waals surface area contributed by atoms with E-state index in [0.29, 0.717) is 33.6 Å². The Morgan fingerprint density at radius 3 is 2.19 bits per heavy atom. The van der Waals surface area contributed by atoms with Crippen LogP contribution in [-0.4, -0.2) is 23.8 Å². The van der Waals surface area contributed by atoms with Gasteiger partial charge in [-0.05, 0) is 26.3 Å². The van der Waals surface area contributed by atoms with E-state index >= 15 is 0 Å². The fraction of sp³-hybridized carbons (Fsp3) is 0.174. The van der Waals surface area contributed by atoms with Crippen molar-refractivity contribution in [3.8, 4) is 22.4 Å². The molecular formula is C23H19NO3. The van der Waals surface area contributed by atoms with Gasteiger partial charge in [0.25, 0.3) is 0 Å². The lowest BCUT2D eigenvalue weighted by Gasteiger charge is -2.16. The highest BCUT2D eigenvalue weighted by atomic mass is 16.5. The van der Waals surface area contributed by atoms with E-state index in [1.165, 1.54) is 7.11 Å². The van der Waals surface area contributed by atoms with Gasteiger partial charge in [0.05, 0.1) is 29.6 Å². The third-order valence-corrected chi connectivity index (χ3v) is 4.93. The van der Waals surface area contributed by atoms with Gasteiger partial charge in [0.15, 0.2) is 5.78 Å². The van der Waals surface area contributed by atoms with Crippen molar-refractivity contribution in [2.24, 2.45) is 0 Å². The van der Waals surface area contributed by atoms with Crippen LogP contribution in [0, 0.1) is 20.8 Å². The number of carbonyl (C=O) groups is 2. The van der Waals surface area contributed by atoms with Gasteiger partial charge in [0, 0.05) is 16.7 Å². The molecule has 0 saturated heterocycles. The van der Waals surface area contributed by atoms with Crippen molar-refractivity contribution in [3.63, 3.8) is 0 Å². The van der Waals surface area contributed by atoms with Crippen LogP contribution in [-0.2, 0) is 4.74 Å². The number of nitrogens with zero attached hydrogens (tertiary/aromatic N) is 1. The van der Waals surface area contributed by atoms with Crippen molar-refractivity contribution in [2.75, 3.05) is 7.11 Å². The van der Waals surface area contributed by atoms with Gasteiger partial charge in [-0.15, -0.1) is 0 Å². The molecule has 134 valence electrons. The molecule has 1 heterocycles. The highest BCUT2D eigenvalue weighted by Gasteiger charge is 2.35. The summed E-state index contributed by atoms with van der Waals surface area (Å²) in [5.41, 5.74) is 7.01. The van der Waals surface area contributed by atoms with Crippen LogP contribution < -0.4 is 0 Å². The molecule has 3 aromatic rings. The first-order valence-electron chi connectivity index (χ1n) is 8.78. The Kier molecular flexibility index (Phi) is 3.92. The van der Waals surface area contributed by atoms with Crippen LogP contribution in [0.4, 0.5) is 0 Å². The molecule has 27 heavy (non-hydrogen) atoms. The number of ether oxygens (including phenoxy) is 1. The largest absolute Gasteiger partial charge is 0.465 e. The molecule has 4 rings (SSSR count). The molecule has 1 aliphatic carbocycles. The second-order valence-corrected chi connectivity index (χ2v) is 6.91. The van der Waals surface area contributed by atoms with Gasteiger partial charge in [0.1, 0.15) is 0 Å². The lowest BCUT2D eigenvalue weighted by Crippen LogP contribution is -2.12. The number of pyridine rings is 1. The SMILES string of the molecule is COC(=O)c1c(C)nc2c(c1-c1cc(C)cc(C)c1)C(=O)c1ccccc1-2. The van der Waals surface area contributed by atoms with Crippen molar-refractivity contribution in [1.29, 1.82) is 0 Å². The highest BCUT2D eigenvalue weighted by molar-refractivity contribution is 6.25. The fourth-order valence-electron chi connectivity index (χ4n) is 3.90. The number of methoxy groups -OCH3 is 1. The highest BCUT2D eigenvalue weighted by Crippen LogP contribution is 2.43. The van der Waals surface area contributed by atoms with Crippen molar-refractivity contribution in [1.82, 2.24) is 4.98 Å². The molecular weight excluding hydrogens is 338 g/mol. The summed E-state index contributed by atoms with van der Waals surface area (Å²) < 4.78 is 5.02. The molecule has 0 unspecified atom stereocenters. The van der Waals surface area contributed by atoms with Crippen LogP contribution in [0.15, 0.2) is 42.5 Å². The van der Waals surface area contributed by atoms with Crippen molar-refractivity contribution < 1.29 is 14.3 Å². The molecule has 0 fully saturated rings. The summed E-state index contributed by atoms with van der Waals surface area (Å²) in [5, 5.41) is 0. The van der Waals surface area contributed by atoms with Gasteiger partial charge in [-0.3, -0.25) is 9.78 Å². The van der Waals surface area contributed by atoms with E-state index in [2.05, 4.69) is 11.1 Å². The number of hydrogen-bond acceptors (Lipinski definition) is 4. The molecule has 0 amide bonds. The van der Waals surface area contributed by atoms with Crippen LogP contribution in [0.5, 0.6) is 0 Å². The van der Waals surface area contributed by atoms with Crippen molar-refractivity contribution in [3.05, 3.63) is 76.0 Å². The van der Waals surface area contributed by atoms with Gasteiger partial charge < -0.3 is 4.74 Å². The predicted octanol–water partition coefficient (Wildman–Crippen LogP) is 4.67. The minimum absolute atomic E-state index is 0.104. The second-order valence-electron chi connectivity index (χ2n) is 6.91.